The average molecular weight is 306 g/mol. The van der Waals surface area contributed by atoms with Gasteiger partial charge in [0.25, 0.3) is 0 Å². The minimum atomic E-state index is 0.148. The van der Waals surface area contributed by atoms with E-state index in [0.717, 1.165) is 12.1 Å². The van der Waals surface area contributed by atoms with Gasteiger partial charge in [0.15, 0.2) is 0 Å². The monoisotopic (exact) mass is 305 g/mol. The molecule has 0 saturated heterocycles. The van der Waals surface area contributed by atoms with Gasteiger partial charge in [0.1, 0.15) is 11.0 Å². The van der Waals surface area contributed by atoms with Crippen LogP contribution in [-0.2, 0) is 6.54 Å². The average Bonchev–Trinajstić information content (AvgIpc) is 2.43. The molecule has 21 heavy (non-hydrogen) atoms. The lowest BCUT2D eigenvalue weighted by Gasteiger charge is -2.19. The Morgan fingerprint density at radius 3 is 2.67 bits per heavy atom. The first kappa shape index (κ1) is 15.5. The third-order valence-corrected chi connectivity index (χ3v) is 2.86. The summed E-state index contributed by atoms with van der Waals surface area (Å²) in [6.45, 7) is 7.85. The summed E-state index contributed by atoms with van der Waals surface area (Å²) in [5.41, 5.74) is 1.23. The van der Waals surface area contributed by atoms with Crippen LogP contribution < -0.4 is 10.6 Å². The third-order valence-electron chi connectivity index (χ3n) is 2.67. The maximum absolute atomic E-state index is 6.04. The van der Waals surface area contributed by atoms with E-state index >= 15 is 0 Å². The SMILES string of the molecule is CC(C)(C)CNc1nc(Cl)cc(NCc2cccnc2)n1. The van der Waals surface area contributed by atoms with E-state index in [-0.39, 0.29) is 5.41 Å². The van der Waals surface area contributed by atoms with Gasteiger partial charge >= 0.3 is 0 Å². The van der Waals surface area contributed by atoms with Gasteiger partial charge in [0.2, 0.25) is 5.95 Å². The Bertz CT molecular complexity index is 580. The molecule has 0 aliphatic carbocycles. The van der Waals surface area contributed by atoms with Crippen molar-refractivity contribution in [2.24, 2.45) is 5.41 Å². The second kappa shape index (κ2) is 6.72. The second-order valence-electron chi connectivity index (χ2n) is 6.03. The van der Waals surface area contributed by atoms with Crippen LogP contribution in [-0.4, -0.2) is 21.5 Å². The molecule has 2 heterocycles. The van der Waals surface area contributed by atoms with Crippen LogP contribution in [0.2, 0.25) is 5.15 Å². The van der Waals surface area contributed by atoms with Gasteiger partial charge in [-0.3, -0.25) is 4.98 Å². The van der Waals surface area contributed by atoms with Crippen molar-refractivity contribution in [2.75, 3.05) is 17.2 Å². The number of anilines is 2. The van der Waals surface area contributed by atoms with Crippen molar-refractivity contribution in [1.82, 2.24) is 15.0 Å². The molecule has 0 aliphatic rings. The van der Waals surface area contributed by atoms with Crippen molar-refractivity contribution in [3.8, 4) is 0 Å². The molecule has 0 fully saturated rings. The number of rotatable bonds is 5. The first-order valence-electron chi connectivity index (χ1n) is 6.84. The zero-order chi connectivity index (χ0) is 15.3. The van der Waals surface area contributed by atoms with Crippen LogP contribution in [0.3, 0.4) is 0 Å². The normalized spacial score (nSPS) is 11.2. The zero-order valence-electron chi connectivity index (χ0n) is 12.5. The Balaban J connectivity index is 2.01. The number of hydrogen-bond donors (Lipinski definition) is 2. The molecule has 112 valence electrons. The van der Waals surface area contributed by atoms with E-state index in [1.54, 1.807) is 12.3 Å². The fraction of sp³-hybridized carbons (Fsp3) is 0.400. The molecule has 2 aromatic rings. The molecule has 0 bridgehead atoms. The van der Waals surface area contributed by atoms with Crippen molar-refractivity contribution in [2.45, 2.75) is 27.3 Å². The summed E-state index contributed by atoms with van der Waals surface area (Å²) in [6.07, 6.45) is 3.56. The summed E-state index contributed by atoms with van der Waals surface area (Å²) in [7, 11) is 0. The van der Waals surface area contributed by atoms with Crippen LogP contribution >= 0.6 is 11.6 Å². The maximum Gasteiger partial charge on any atom is 0.226 e. The molecule has 2 aromatic heterocycles. The molecule has 2 N–H and O–H groups in total. The van der Waals surface area contributed by atoms with Gasteiger partial charge in [0, 0.05) is 31.5 Å². The Hall–Kier alpha value is -1.88. The number of nitrogens with zero attached hydrogens (tertiary/aromatic N) is 3. The first-order valence-corrected chi connectivity index (χ1v) is 7.21. The molecule has 6 heteroatoms. The number of hydrogen-bond acceptors (Lipinski definition) is 5. The summed E-state index contributed by atoms with van der Waals surface area (Å²) in [5.74, 6) is 1.22. The zero-order valence-corrected chi connectivity index (χ0v) is 13.3. The van der Waals surface area contributed by atoms with E-state index in [1.807, 2.05) is 18.3 Å². The van der Waals surface area contributed by atoms with E-state index in [1.165, 1.54) is 0 Å². The fourth-order valence-corrected chi connectivity index (χ4v) is 1.81. The first-order chi connectivity index (χ1) is 9.92. The quantitative estimate of drug-likeness (QED) is 0.827. The lowest BCUT2D eigenvalue weighted by molar-refractivity contribution is 0.442. The molecule has 0 atom stereocenters. The molecule has 0 aliphatic heterocycles. The van der Waals surface area contributed by atoms with Crippen LogP contribution in [0.25, 0.3) is 0 Å². The minimum Gasteiger partial charge on any atom is -0.366 e. The van der Waals surface area contributed by atoms with Crippen LogP contribution in [0.1, 0.15) is 26.3 Å². The van der Waals surface area contributed by atoms with Crippen LogP contribution in [0.4, 0.5) is 11.8 Å². The highest BCUT2D eigenvalue weighted by molar-refractivity contribution is 6.29. The molecule has 5 nitrogen and oxygen atoms in total. The van der Waals surface area contributed by atoms with Crippen molar-refractivity contribution >= 4 is 23.4 Å². The van der Waals surface area contributed by atoms with E-state index in [9.17, 15) is 0 Å². The highest BCUT2D eigenvalue weighted by atomic mass is 35.5. The van der Waals surface area contributed by atoms with Gasteiger partial charge in [-0.2, -0.15) is 4.98 Å². The molecular formula is C15H20ClN5. The molecule has 0 unspecified atom stereocenters. The van der Waals surface area contributed by atoms with E-state index in [2.05, 4.69) is 46.4 Å². The Kier molecular flexibility index (Phi) is 4.96. The standard InChI is InChI=1S/C15H20ClN5/c1-15(2,3)10-19-14-20-12(16)7-13(21-14)18-9-11-5-4-6-17-8-11/h4-8H,9-10H2,1-3H3,(H2,18,19,20,21). The Labute approximate surface area is 130 Å². The second-order valence-corrected chi connectivity index (χ2v) is 6.42. The molecule has 0 aromatic carbocycles. The molecular weight excluding hydrogens is 286 g/mol. The van der Waals surface area contributed by atoms with Crippen molar-refractivity contribution in [3.05, 3.63) is 41.3 Å². The predicted molar refractivity (Wildman–Crippen MR) is 86.6 cm³/mol. The van der Waals surface area contributed by atoms with Gasteiger partial charge in [-0.05, 0) is 17.0 Å². The summed E-state index contributed by atoms with van der Waals surface area (Å²) < 4.78 is 0. The number of aromatic nitrogens is 3. The Morgan fingerprint density at radius 1 is 1.19 bits per heavy atom. The van der Waals surface area contributed by atoms with Gasteiger partial charge < -0.3 is 10.6 Å². The van der Waals surface area contributed by atoms with E-state index < -0.39 is 0 Å². The predicted octanol–water partition coefficient (Wildman–Crippen LogP) is 3.60. The molecule has 0 radical (unpaired) electrons. The molecule has 0 spiro atoms. The highest BCUT2D eigenvalue weighted by Crippen LogP contribution is 2.17. The lowest BCUT2D eigenvalue weighted by atomic mass is 9.97. The van der Waals surface area contributed by atoms with Crippen molar-refractivity contribution in [3.63, 3.8) is 0 Å². The molecule has 2 rings (SSSR count). The van der Waals surface area contributed by atoms with Gasteiger partial charge in [-0.1, -0.05) is 38.4 Å². The summed E-state index contributed by atoms with van der Waals surface area (Å²) in [6, 6.07) is 5.61. The number of halogens is 1. The van der Waals surface area contributed by atoms with Crippen molar-refractivity contribution < 1.29 is 0 Å². The van der Waals surface area contributed by atoms with Gasteiger partial charge in [0.05, 0.1) is 0 Å². The van der Waals surface area contributed by atoms with E-state index in [0.29, 0.717) is 23.5 Å². The number of nitrogens with one attached hydrogen (secondary N) is 2. The summed E-state index contributed by atoms with van der Waals surface area (Å²) in [4.78, 5) is 12.7. The Morgan fingerprint density at radius 2 is 2.00 bits per heavy atom. The summed E-state index contributed by atoms with van der Waals surface area (Å²) >= 11 is 6.04. The van der Waals surface area contributed by atoms with Crippen LogP contribution in [0.15, 0.2) is 30.6 Å². The fourth-order valence-electron chi connectivity index (χ4n) is 1.63. The van der Waals surface area contributed by atoms with Crippen molar-refractivity contribution in [1.29, 1.82) is 0 Å². The third kappa shape index (κ3) is 5.55. The summed E-state index contributed by atoms with van der Waals surface area (Å²) in [5, 5.41) is 6.84. The smallest absolute Gasteiger partial charge is 0.226 e. The lowest BCUT2D eigenvalue weighted by Crippen LogP contribution is -2.20. The van der Waals surface area contributed by atoms with E-state index in [4.69, 9.17) is 11.6 Å². The largest absolute Gasteiger partial charge is 0.366 e. The molecule has 0 saturated carbocycles. The minimum absolute atomic E-state index is 0.148. The number of pyridine rings is 1. The highest BCUT2D eigenvalue weighted by Gasteiger charge is 2.11. The molecule has 0 amide bonds. The van der Waals surface area contributed by atoms with Crippen LogP contribution in [0, 0.1) is 5.41 Å². The van der Waals surface area contributed by atoms with Crippen LogP contribution in [0.5, 0.6) is 0 Å². The van der Waals surface area contributed by atoms with Gasteiger partial charge in [-0.25, -0.2) is 4.98 Å². The maximum atomic E-state index is 6.04. The van der Waals surface area contributed by atoms with Gasteiger partial charge in [-0.15, -0.1) is 0 Å². The topological polar surface area (TPSA) is 62.7 Å².